The first-order chi connectivity index (χ1) is 1.73. The minimum absolute atomic E-state index is 0. The summed E-state index contributed by atoms with van der Waals surface area (Å²) in [5.74, 6) is 0. The maximum atomic E-state index is 8.59. The summed E-state index contributed by atoms with van der Waals surface area (Å²) in [5.41, 5.74) is 0. The standard InChI is InChI=1S/H3N.HO3P/c;1-4(2)3/h1H3;1H/q;-2/p+2. The minimum Gasteiger partial charge on any atom is -0.820 e. The van der Waals surface area contributed by atoms with Gasteiger partial charge in [-0.15, -0.1) is 0 Å². The molecule has 0 atom stereocenters. The van der Waals surface area contributed by atoms with E-state index in [-0.39, 0.29) is 9.00 Å². The molecule has 0 unspecified atom stereocenters. The Hall–Kier alpha value is 0.270. The molecule has 0 saturated carbocycles. The summed E-state index contributed by atoms with van der Waals surface area (Å²) >= 11 is 0. The first-order valence-electron chi connectivity index (χ1n) is 0.565. The Balaban J connectivity index is -0.0000000150. The molecule has 0 bridgehead atoms. The first kappa shape index (κ1) is 8.99. The topological polar surface area (TPSA) is 101 Å². The summed E-state index contributed by atoms with van der Waals surface area (Å²) < 4.78 is 0. The van der Waals surface area contributed by atoms with E-state index in [0.29, 0.717) is 0 Å². The average molecular weight is 99.0 g/mol. The fourth-order valence-corrected chi connectivity index (χ4v) is 0. The molecule has 0 saturated heterocycles. The molecule has 0 aliphatic heterocycles. The monoisotopic (exact) mass is 99.0 g/mol. The van der Waals surface area contributed by atoms with E-state index in [1.807, 2.05) is 0 Å². The second-order valence-corrected chi connectivity index (χ2v) is 0.714. The molecule has 0 fully saturated rings. The van der Waals surface area contributed by atoms with Crippen LogP contribution in [-0.4, -0.2) is 4.89 Å². The van der Waals surface area contributed by atoms with Crippen molar-refractivity contribution in [1.29, 1.82) is 0 Å². The summed E-state index contributed by atoms with van der Waals surface area (Å²) in [6.07, 6.45) is 0. The van der Waals surface area contributed by atoms with Crippen molar-refractivity contribution in [1.82, 2.24) is 6.15 Å². The molecule has 0 aromatic carbocycles. The lowest BCUT2D eigenvalue weighted by Crippen LogP contribution is -2.04. The minimum atomic E-state index is -3.12. The normalized spacial score (nSPS) is 7.20. The molecule has 0 spiro atoms. The van der Waals surface area contributed by atoms with Gasteiger partial charge in [0.05, 0.1) is 0 Å². The van der Waals surface area contributed by atoms with Crippen molar-refractivity contribution in [2.75, 3.05) is 0 Å². The van der Waals surface area contributed by atoms with Crippen LogP contribution >= 0.6 is 8.60 Å². The zero-order chi connectivity index (χ0) is 3.58. The molecule has 0 aromatic heterocycles. The van der Waals surface area contributed by atoms with E-state index in [1.54, 1.807) is 0 Å². The zero-order valence-electron chi connectivity index (χ0n) is 4.42. The van der Waals surface area contributed by atoms with Gasteiger partial charge in [-0.1, -0.05) is 0 Å². The number of hydrogen-bond acceptors (Lipinski definition) is 4. The fourth-order valence-electron chi connectivity index (χ4n) is 0. The third-order valence-corrected chi connectivity index (χ3v) is 0. The maximum absolute atomic E-state index is 8.59. The highest BCUT2D eigenvalue weighted by molar-refractivity contribution is 7.35. The van der Waals surface area contributed by atoms with Gasteiger partial charge >= 0.3 is 2.85 Å². The van der Waals surface area contributed by atoms with Gasteiger partial charge in [0, 0.05) is 0 Å². The van der Waals surface area contributed by atoms with Crippen LogP contribution in [0.1, 0.15) is 2.85 Å². The summed E-state index contributed by atoms with van der Waals surface area (Å²) in [7, 11) is -3.12. The molecular formula is H6NO3P. The lowest BCUT2D eigenvalue weighted by molar-refractivity contribution is -0.313. The van der Waals surface area contributed by atoms with Crippen LogP contribution in [0.4, 0.5) is 0 Å². The lowest BCUT2D eigenvalue weighted by Gasteiger charge is -2.19. The van der Waals surface area contributed by atoms with Crippen molar-refractivity contribution < 1.29 is 17.5 Å². The molecule has 0 amide bonds. The van der Waals surface area contributed by atoms with E-state index in [4.69, 9.17) is 14.7 Å². The van der Waals surface area contributed by atoms with Gasteiger partial charge in [0.15, 0.2) is 0 Å². The summed E-state index contributed by atoms with van der Waals surface area (Å²) in [6.45, 7) is 0. The summed E-state index contributed by atoms with van der Waals surface area (Å²) in [5, 5.41) is 0. The average Bonchev–Trinajstić information content (AvgIpc) is 0.811. The van der Waals surface area contributed by atoms with Gasteiger partial charge in [-0.25, -0.2) is 0 Å². The van der Waals surface area contributed by atoms with Gasteiger partial charge in [0.1, 0.15) is 0 Å². The van der Waals surface area contributed by atoms with Crippen molar-refractivity contribution in [3.8, 4) is 0 Å². The second kappa shape index (κ2) is 4.27. The Morgan fingerprint density at radius 1 is 1.60 bits per heavy atom. The van der Waals surface area contributed by atoms with E-state index < -0.39 is 8.60 Å². The van der Waals surface area contributed by atoms with Gasteiger partial charge in [-0.2, -0.15) is 8.60 Å². The molecule has 4 N–H and O–H groups in total. The van der Waals surface area contributed by atoms with Gasteiger partial charge in [-0.05, 0) is 0 Å². The molecule has 0 aliphatic rings. The van der Waals surface area contributed by atoms with Crippen LogP contribution in [0.3, 0.4) is 0 Å². The third kappa shape index (κ3) is 302. The molecule has 0 radical (unpaired) electrons. The molecule has 0 rings (SSSR count). The van der Waals surface area contributed by atoms with Crippen LogP contribution in [0.2, 0.25) is 0 Å². The SMILES string of the molecule is N.[H+].[H+].[O-]P([O-])O. The van der Waals surface area contributed by atoms with Crippen molar-refractivity contribution in [3.63, 3.8) is 0 Å². The lowest BCUT2D eigenvalue weighted by atomic mass is 14.0. The molecule has 4 nitrogen and oxygen atoms in total. The van der Waals surface area contributed by atoms with Gasteiger partial charge in [-0.3, -0.25) is 0 Å². The van der Waals surface area contributed by atoms with E-state index in [1.165, 1.54) is 0 Å². The van der Waals surface area contributed by atoms with Gasteiger partial charge in [0.25, 0.3) is 0 Å². The Morgan fingerprint density at radius 3 is 1.60 bits per heavy atom. The van der Waals surface area contributed by atoms with Crippen molar-refractivity contribution in [3.05, 3.63) is 0 Å². The Kier molecular flexibility index (Phi) is 7.67. The predicted octanol–water partition coefficient (Wildman–Crippen LogP) is -1.69. The summed E-state index contributed by atoms with van der Waals surface area (Å²) in [6, 6.07) is 0. The molecule has 0 heterocycles. The highest BCUT2D eigenvalue weighted by Crippen LogP contribution is 1.95. The second-order valence-electron chi connectivity index (χ2n) is 0.238. The van der Waals surface area contributed by atoms with Crippen LogP contribution in [-0.2, 0) is 0 Å². The highest BCUT2D eigenvalue weighted by atomic mass is 31.2. The molecule has 0 aromatic rings. The Labute approximate surface area is 33.6 Å². The van der Waals surface area contributed by atoms with Crippen LogP contribution in [0.25, 0.3) is 0 Å². The van der Waals surface area contributed by atoms with Gasteiger partial charge in [0.2, 0.25) is 0 Å². The van der Waals surface area contributed by atoms with E-state index in [9.17, 15) is 0 Å². The highest BCUT2D eigenvalue weighted by Gasteiger charge is 1.34. The van der Waals surface area contributed by atoms with Gasteiger partial charge < -0.3 is 20.8 Å². The van der Waals surface area contributed by atoms with E-state index in [0.717, 1.165) is 0 Å². The quantitative estimate of drug-likeness (QED) is 0.354. The van der Waals surface area contributed by atoms with Crippen LogP contribution in [0.5, 0.6) is 0 Å². The van der Waals surface area contributed by atoms with E-state index >= 15 is 0 Å². The van der Waals surface area contributed by atoms with Crippen molar-refractivity contribution in [2.24, 2.45) is 0 Å². The van der Waals surface area contributed by atoms with E-state index in [2.05, 4.69) is 0 Å². The van der Waals surface area contributed by atoms with Crippen LogP contribution in [0.15, 0.2) is 0 Å². The third-order valence-electron chi connectivity index (χ3n) is 0. The largest absolute Gasteiger partial charge is 1.00 e. The van der Waals surface area contributed by atoms with Crippen LogP contribution in [0, 0.1) is 0 Å². The first-order valence-corrected chi connectivity index (χ1v) is 1.70. The van der Waals surface area contributed by atoms with Crippen molar-refractivity contribution in [2.45, 2.75) is 0 Å². The maximum Gasteiger partial charge on any atom is 1.00 e. The Bertz CT molecular complexity index is 17.7. The fraction of sp³-hybridized carbons (Fsp3) is 0. The van der Waals surface area contributed by atoms with Crippen molar-refractivity contribution >= 4 is 8.60 Å². The number of hydrogen-bond donors (Lipinski definition) is 2. The smallest absolute Gasteiger partial charge is 0.820 e. The summed E-state index contributed by atoms with van der Waals surface area (Å²) in [4.78, 5) is 24.2. The zero-order valence-corrected chi connectivity index (χ0v) is 3.31. The number of rotatable bonds is 0. The van der Waals surface area contributed by atoms with Crippen LogP contribution < -0.4 is 15.9 Å². The Morgan fingerprint density at radius 2 is 1.60 bits per heavy atom. The molecule has 5 heavy (non-hydrogen) atoms. The molecule has 5 heteroatoms. The molecule has 34 valence electrons. The molecule has 0 aliphatic carbocycles. The molecular weight excluding hydrogens is 93.0 g/mol. The predicted molar refractivity (Wildman–Crippen MR) is 16.4 cm³/mol.